The predicted molar refractivity (Wildman–Crippen MR) is 123 cm³/mol. The van der Waals surface area contributed by atoms with Crippen LogP contribution in [0.15, 0.2) is 36.4 Å². The molecule has 0 aliphatic rings. The first-order valence-electron chi connectivity index (χ1n) is 10.3. The van der Waals surface area contributed by atoms with Gasteiger partial charge in [0.2, 0.25) is 5.95 Å². The molecular formula is C23H24N4O8. The van der Waals surface area contributed by atoms with Gasteiger partial charge in [0.15, 0.2) is 23.9 Å². The Kier molecular flexibility index (Phi) is 7.54. The first-order valence-corrected chi connectivity index (χ1v) is 10.3. The standard InChI is InChI=1S/C23H24N4O8/c1-11(21(30)32-3)34-13-5-7-15(17(28)9-13)19-25-20(27-23(24)26-19)16-8-6-14(10-18(16)29)35-12(2)22(31)33-4/h5-12,28-29H,1-4H3,(H2,24,25,26,27). The SMILES string of the molecule is COC(=O)C(C)Oc1ccc(-c2nc(N)nc(-c3ccc(OC(C)C(=O)OC)cc3O)n2)c(O)c1. The summed E-state index contributed by atoms with van der Waals surface area (Å²) in [5.41, 5.74) is 6.27. The number of phenolic OH excluding ortho intramolecular Hbond substituents is 2. The molecule has 2 aromatic carbocycles. The third-order valence-electron chi connectivity index (χ3n) is 4.76. The lowest BCUT2D eigenvalue weighted by Crippen LogP contribution is -2.24. The van der Waals surface area contributed by atoms with E-state index in [4.69, 9.17) is 15.2 Å². The van der Waals surface area contributed by atoms with Crippen LogP contribution in [0.2, 0.25) is 0 Å². The molecule has 2 unspecified atom stereocenters. The van der Waals surface area contributed by atoms with E-state index in [9.17, 15) is 19.8 Å². The van der Waals surface area contributed by atoms with Crippen LogP contribution in [0.5, 0.6) is 23.0 Å². The number of carbonyl (C=O) groups excluding carboxylic acids is 2. The van der Waals surface area contributed by atoms with Crippen molar-refractivity contribution in [3.05, 3.63) is 36.4 Å². The zero-order valence-corrected chi connectivity index (χ0v) is 19.4. The van der Waals surface area contributed by atoms with Gasteiger partial charge in [-0.05, 0) is 38.1 Å². The second-order valence-corrected chi connectivity index (χ2v) is 7.27. The minimum Gasteiger partial charge on any atom is -0.507 e. The number of hydrogen-bond donors (Lipinski definition) is 3. The van der Waals surface area contributed by atoms with Crippen LogP contribution < -0.4 is 15.2 Å². The topological polar surface area (TPSA) is 176 Å². The summed E-state index contributed by atoms with van der Waals surface area (Å²) in [6, 6.07) is 8.58. The Bertz CT molecular complexity index is 1160. The van der Waals surface area contributed by atoms with E-state index in [1.54, 1.807) is 0 Å². The zero-order valence-electron chi connectivity index (χ0n) is 19.4. The number of nitrogen functional groups attached to an aromatic ring is 1. The van der Waals surface area contributed by atoms with Gasteiger partial charge in [0, 0.05) is 12.1 Å². The van der Waals surface area contributed by atoms with Crippen LogP contribution in [0.3, 0.4) is 0 Å². The zero-order chi connectivity index (χ0) is 25.7. The quantitative estimate of drug-likeness (QED) is 0.397. The predicted octanol–water partition coefficient (Wildman–Crippen LogP) is 2.08. The molecule has 184 valence electrons. The third-order valence-corrected chi connectivity index (χ3v) is 4.76. The first kappa shape index (κ1) is 25.0. The summed E-state index contributed by atoms with van der Waals surface area (Å²) in [4.78, 5) is 35.5. The number of benzene rings is 2. The fourth-order valence-electron chi connectivity index (χ4n) is 3.02. The van der Waals surface area contributed by atoms with Crippen molar-refractivity contribution in [2.45, 2.75) is 26.1 Å². The van der Waals surface area contributed by atoms with Crippen LogP contribution in [0.4, 0.5) is 5.95 Å². The lowest BCUT2D eigenvalue weighted by molar-refractivity contribution is -0.148. The van der Waals surface area contributed by atoms with Crippen LogP contribution in [-0.2, 0) is 19.1 Å². The number of ether oxygens (including phenoxy) is 4. The maximum Gasteiger partial charge on any atom is 0.346 e. The minimum absolute atomic E-state index is 0.0385. The molecule has 0 saturated heterocycles. The number of anilines is 1. The number of hydrogen-bond acceptors (Lipinski definition) is 12. The maximum absolute atomic E-state index is 11.5. The largest absolute Gasteiger partial charge is 0.507 e. The molecule has 35 heavy (non-hydrogen) atoms. The van der Waals surface area contributed by atoms with Gasteiger partial charge in [-0.15, -0.1) is 0 Å². The van der Waals surface area contributed by atoms with Crippen molar-refractivity contribution < 1.29 is 38.7 Å². The molecular weight excluding hydrogens is 460 g/mol. The summed E-state index contributed by atoms with van der Waals surface area (Å²) in [7, 11) is 2.49. The smallest absolute Gasteiger partial charge is 0.346 e. The molecule has 1 heterocycles. The molecule has 0 radical (unpaired) electrons. The fourth-order valence-corrected chi connectivity index (χ4v) is 3.02. The van der Waals surface area contributed by atoms with E-state index in [-0.39, 0.29) is 51.7 Å². The number of nitrogens with zero attached hydrogens (tertiary/aromatic N) is 3. The summed E-state index contributed by atoms with van der Waals surface area (Å²) in [6.07, 6.45) is -1.76. The first-order chi connectivity index (χ1) is 16.6. The summed E-state index contributed by atoms with van der Waals surface area (Å²) >= 11 is 0. The monoisotopic (exact) mass is 484 g/mol. The Balaban J connectivity index is 1.89. The highest BCUT2D eigenvalue weighted by molar-refractivity contribution is 5.75. The number of esters is 2. The molecule has 3 rings (SSSR count). The Morgan fingerprint density at radius 1 is 0.771 bits per heavy atom. The van der Waals surface area contributed by atoms with E-state index in [2.05, 4.69) is 24.4 Å². The van der Waals surface area contributed by atoms with Crippen molar-refractivity contribution in [1.82, 2.24) is 15.0 Å². The van der Waals surface area contributed by atoms with Crippen molar-refractivity contribution in [2.75, 3.05) is 20.0 Å². The summed E-state index contributed by atoms with van der Waals surface area (Å²) in [6.45, 7) is 3.02. The van der Waals surface area contributed by atoms with E-state index in [0.717, 1.165) is 0 Å². The summed E-state index contributed by atoms with van der Waals surface area (Å²) in [5.74, 6) is -1.24. The van der Waals surface area contributed by atoms with Gasteiger partial charge in [-0.25, -0.2) is 14.6 Å². The van der Waals surface area contributed by atoms with Crippen molar-refractivity contribution >= 4 is 17.9 Å². The van der Waals surface area contributed by atoms with Crippen LogP contribution >= 0.6 is 0 Å². The van der Waals surface area contributed by atoms with E-state index < -0.39 is 24.1 Å². The second kappa shape index (κ2) is 10.5. The van der Waals surface area contributed by atoms with Crippen LogP contribution in [0.1, 0.15) is 13.8 Å². The number of methoxy groups -OCH3 is 2. The average Bonchev–Trinajstić information content (AvgIpc) is 2.82. The molecule has 3 aromatic rings. The molecule has 0 bridgehead atoms. The highest BCUT2D eigenvalue weighted by Crippen LogP contribution is 2.35. The van der Waals surface area contributed by atoms with E-state index >= 15 is 0 Å². The van der Waals surface area contributed by atoms with Crippen LogP contribution in [0.25, 0.3) is 22.8 Å². The van der Waals surface area contributed by atoms with Crippen LogP contribution in [0, 0.1) is 0 Å². The Labute approximate surface area is 200 Å². The molecule has 2 atom stereocenters. The van der Waals surface area contributed by atoms with Gasteiger partial charge in [-0.2, -0.15) is 9.97 Å². The van der Waals surface area contributed by atoms with E-state index in [1.165, 1.54) is 64.5 Å². The molecule has 12 heteroatoms. The van der Waals surface area contributed by atoms with Gasteiger partial charge in [-0.1, -0.05) is 0 Å². The van der Waals surface area contributed by atoms with Gasteiger partial charge in [0.25, 0.3) is 0 Å². The molecule has 0 spiro atoms. The average molecular weight is 484 g/mol. The Morgan fingerprint density at radius 2 is 1.17 bits per heavy atom. The van der Waals surface area contributed by atoms with Gasteiger partial charge in [0.1, 0.15) is 23.0 Å². The lowest BCUT2D eigenvalue weighted by atomic mass is 10.1. The van der Waals surface area contributed by atoms with Crippen molar-refractivity contribution in [1.29, 1.82) is 0 Å². The number of phenols is 2. The normalized spacial score (nSPS) is 12.3. The van der Waals surface area contributed by atoms with Gasteiger partial charge in [0.05, 0.1) is 25.3 Å². The number of aromatic nitrogens is 3. The molecule has 1 aromatic heterocycles. The molecule has 0 fully saturated rings. The maximum atomic E-state index is 11.5. The number of nitrogens with two attached hydrogens (primary N) is 1. The third kappa shape index (κ3) is 5.85. The summed E-state index contributed by atoms with van der Waals surface area (Å²) in [5, 5.41) is 21.0. The number of rotatable bonds is 8. The van der Waals surface area contributed by atoms with Crippen molar-refractivity contribution in [3.63, 3.8) is 0 Å². The molecule has 0 saturated carbocycles. The van der Waals surface area contributed by atoms with Gasteiger partial charge < -0.3 is 34.9 Å². The summed E-state index contributed by atoms with van der Waals surface area (Å²) < 4.78 is 20.1. The van der Waals surface area contributed by atoms with Crippen LogP contribution in [-0.4, -0.2) is 63.5 Å². The van der Waals surface area contributed by atoms with Crippen molar-refractivity contribution in [3.8, 4) is 45.8 Å². The highest BCUT2D eigenvalue weighted by Gasteiger charge is 2.19. The van der Waals surface area contributed by atoms with Gasteiger partial charge >= 0.3 is 11.9 Å². The van der Waals surface area contributed by atoms with Gasteiger partial charge in [-0.3, -0.25) is 0 Å². The Morgan fingerprint density at radius 3 is 1.51 bits per heavy atom. The molecule has 0 amide bonds. The molecule has 0 aliphatic carbocycles. The number of aromatic hydroxyl groups is 2. The molecule has 4 N–H and O–H groups in total. The minimum atomic E-state index is -0.879. The second-order valence-electron chi connectivity index (χ2n) is 7.27. The van der Waals surface area contributed by atoms with E-state index in [1.807, 2.05) is 0 Å². The molecule has 12 nitrogen and oxygen atoms in total. The van der Waals surface area contributed by atoms with Crippen molar-refractivity contribution in [2.24, 2.45) is 0 Å². The Hall–Kier alpha value is -4.61. The van der Waals surface area contributed by atoms with E-state index in [0.29, 0.717) is 0 Å². The fraction of sp³-hybridized carbons (Fsp3) is 0.261. The highest BCUT2D eigenvalue weighted by atomic mass is 16.6. The molecule has 0 aliphatic heterocycles. The lowest BCUT2D eigenvalue weighted by Gasteiger charge is -2.14. The number of carbonyl (C=O) groups is 2.